The SMILES string of the molecule is CCOC(=O)c1cnn2c(-c3cc(C)sc3C)ccnc12. The Balaban J connectivity index is 2.18. The maximum absolute atomic E-state index is 11.9. The van der Waals surface area contributed by atoms with Gasteiger partial charge >= 0.3 is 5.97 Å². The van der Waals surface area contributed by atoms with Gasteiger partial charge in [0.25, 0.3) is 0 Å². The zero-order valence-electron chi connectivity index (χ0n) is 12.1. The van der Waals surface area contributed by atoms with Crippen LogP contribution in [0.25, 0.3) is 16.9 Å². The van der Waals surface area contributed by atoms with Crippen molar-refractivity contribution >= 4 is 23.0 Å². The molecular formula is C15H15N3O2S. The predicted octanol–water partition coefficient (Wildman–Crippen LogP) is 3.25. The number of nitrogens with zero attached hydrogens (tertiary/aromatic N) is 3. The van der Waals surface area contributed by atoms with Gasteiger partial charge in [-0.3, -0.25) is 0 Å². The first-order valence-electron chi connectivity index (χ1n) is 6.69. The number of aryl methyl sites for hydroxylation is 2. The van der Waals surface area contributed by atoms with Crippen molar-refractivity contribution in [3.8, 4) is 11.3 Å². The van der Waals surface area contributed by atoms with Crippen LogP contribution in [-0.4, -0.2) is 27.2 Å². The van der Waals surface area contributed by atoms with Gasteiger partial charge in [-0.1, -0.05) is 0 Å². The number of carbonyl (C=O) groups is 1. The molecule has 3 rings (SSSR count). The van der Waals surface area contributed by atoms with Gasteiger partial charge in [0.1, 0.15) is 5.56 Å². The van der Waals surface area contributed by atoms with Crippen LogP contribution >= 0.6 is 11.3 Å². The maximum Gasteiger partial charge on any atom is 0.343 e. The minimum atomic E-state index is -0.393. The summed E-state index contributed by atoms with van der Waals surface area (Å²) < 4.78 is 6.73. The Morgan fingerprint density at radius 3 is 2.90 bits per heavy atom. The first-order chi connectivity index (χ1) is 10.1. The van der Waals surface area contributed by atoms with Crippen molar-refractivity contribution in [2.45, 2.75) is 20.8 Å². The molecular weight excluding hydrogens is 286 g/mol. The molecule has 21 heavy (non-hydrogen) atoms. The van der Waals surface area contributed by atoms with E-state index >= 15 is 0 Å². The molecule has 6 heteroatoms. The summed E-state index contributed by atoms with van der Waals surface area (Å²) >= 11 is 1.74. The van der Waals surface area contributed by atoms with Gasteiger partial charge in [0.05, 0.1) is 18.5 Å². The van der Waals surface area contributed by atoms with Gasteiger partial charge in [-0.05, 0) is 32.9 Å². The van der Waals surface area contributed by atoms with Crippen molar-refractivity contribution in [3.63, 3.8) is 0 Å². The van der Waals surface area contributed by atoms with Crippen LogP contribution in [0.15, 0.2) is 24.5 Å². The second kappa shape index (κ2) is 5.29. The second-order valence-electron chi connectivity index (χ2n) is 4.67. The average Bonchev–Trinajstić information content (AvgIpc) is 3.02. The van der Waals surface area contributed by atoms with E-state index in [1.807, 2.05) is 6.07 Å². The molecule has 3 aromatic rings. The van der Waals surface area contributed by atoms with Crippen LogP contribution in [0.3, 0.4) is 0 Å². The third kappa shape index (κ3) is 2.31. The lowest BCUT2D eigenvalue weighted by Crippen LogP contribution is -2.05. The monoisotopic (exact) mass is 301 g/mol. The summed E-state index contributed by atoms with van der Waals surface area (Å²) in [7, 11) is 0. The molecule has 0 aliphatic heterocycles. The number of rotatable bonds is 3. The van der Waals surface area contributed by atoms with Crippen LogP contribution in [0, 0.1) is 13.8 Å². The Bertz CT molecular complexity index is 820. The topological polar surface area (TPSA) is 56.5 Å². The molecule has 0 N–H and O–H groups in total. The third-order valence-electron chi connectivity index (χ3n) is 3.21. The summed E-state index contributed by atoms with van der Waals surface area (Å²) in [5.74, 6) is -0.393. The van der Waals surface area contributed by atoms with E-state index in [0.29, 0.717) is 17.8 Å². The Hall–Kier alpha value is -2.21. The summed E-state index contributed by atoms with van der Waals surface area (Å²) in [6.45, 7) is 6.26. The van der Waals surface area contributed by atoms with Gasteiger partial charge in [-0.25, -0.2) is 14.3 Å². The molecule has 0 aromatic carbocycles. The molecule has 0 aliphatic carbocycles. The summed E-state index contributed by atoms with van der Waals surface area (Å²) in [5, 5.41) is 4.31. The number of ether oxygens (including phenoxy) is 1. The molecule has 3 aromatic heterocycles. The number of carbonyl (C=O) groups excluding carboxylic acids is 1. The number of fused-ring (bicyclic) bond motifs is 1. The lowest BCUT2D eigenvalue weighted by Gasteiger charge is -2.04. The van der Waals surface area contributed by atoms with Gasteiger partial charge in [0.2, 0.25) is 0 Å². The van der Waals surface area contributed by atoms with Gasteiger partial charge in [-0.2, -0.15) is 5.10 Å². The Morgan fingerprint density at radius 2 is 2.24 bits per heavy atom. The lowest BCUT2D eigenvalue weighted by atomic mass is 10.2. The highest BCUT2D eigenvalue weighted by Gasteiger charge is 2.18. The Morgan fingerprint density at radius 1 is 1.43 bits per heavy atom. The van der Waals surface area contributed by atoms with E-state index in [4.69, 9.17) is 4.74 Å². The molecule has 108 valence electrons. The van der Waals surface area contributed by atoms with Crippen molar-refractivity contribution in [1.29, 1.82) is 0 Å². The van der Waals surface area contributed by atoms with Crippen molar-refractivity contribution in [3.05, 3.63) is 39.8 Å². The fourth-order valence-corrected chi connectivity index (χ4v) is 3.27. The van der Waals surface area contributed by atoms with E-state index in [9.17, 15) is 4.79 Å². The van der Waals surface area contributed by atoms with Crippen molar-refractivity contribution in [2.24, 2.45) is 0 Å². The van der Waals surface area contributed by atoms with Crippen LogP contribution in [0.5, 0.6) is 0 Å². The van der Waals surface area contributed by atoms with E-state index in [-0.39, 0.29) is 0 Å². The van der Waals surface area contributed by atoms with Crippen LogP contribution in [0.2, 0.25) is 0 Å². The summed E-state index contributed by atoms with van der Waals surface area (Å²) in [6.07, 6.45) is 3.21. The van der Waals surface area contributed by atoms with E-state index in [1.165, 1.54) is 16.0 Å². The summed E-state index contributed by atoms with van der Waals surface area (Å²) in [5.41, 5.74) is 2.96. The summed E-state index contributed by atoms with van der Waals surface area (Å²) in [4.78, 5) is 18.7. The Kier molecular flexibility index (Phi) is 3.47. The van der Waals surface area contributed by atoms with Crippen LogP contribution in [-0.2, 0) is 4.74 Å². The molecule has 0 unspecified atom stereocenters. The molecule has 5 nitrogen and oxygen atoms in total. The zero-order valence-corrected chi connectivity index (χ0v) is 12.9. The van der Waals surface area contributed by atoms with Crippen molar-refractivity contribution in [1.82, 2.24) is 14.6 Å². The van der Waals surface area contributed by atoms with Crippen molar-refractivity contribution < 1.29 is 9.53 Å². The zero-order chi connectivity index (χ0) is 15.0. The number of esters is 1. The first kappa shape index (κ1) is 13.8. The number of thiophene rings is 1. The van der Waals surface area contributed by atoms with Gasteiger partial charge in [-0.15, -0.1) is 11.3 Å². The minimum Gasteiger partial charge on any atom is -0.462 e. The lowest BCUT2D eigenvalue weighted by molar-refractivity contribution is 0.0528. The van der Waals surface area contributed by atoms with Gasteiger partial charge < -0.3 is 4.74 Å². The van der Waals surface area contributed by atoms with E-state index in [2.05, 4.69) is 30.0 Å². The number of hydrogen-bond acceptors (Lipinski definition) is 5. The number of hydrogen-bond donors (Lipinski definition) is 0. The Labute approximate surface area is 126 Å². The molecule has 0 spiro atoms. The molecule has 0 saturated heterocycles. The highest BCUT2D eigenvalue weighted by atomic mass is 32.1. The van der Waals surface area contributed by atoms with Crippen molar-refractivity contribution in [2.75, 3.05) is 6.61 Å². The first-order valence-corrected chi connectivity index (χ1v) is 7.50. The molecule has 0 radical (unpaired) electrons. The summed E-state index contributed by atoms with van der Waals surface area (Å²) in [6, 6.07) is 4.03. The standard InChI is InChI=1S/C15H15N3O2S/c1-4-20-15(19)12-8-17-18-13(5-6-16-14(12)18)11-7-9(2)21-10(11)3/h5-8H,4H2,1-3H3. The fourth-order valence-electron chi connectivity index (χ4n) is 2.33. The van der Waals surface area contributed by atoms with E-state index in [1.54, 1.807) is 29.0 Å². The fraction of sp³-hybridized carbons (Fsp3) is 0.267. The number of aromatic nitrogens is 3. The molecule has 0 amide bonds. The maximum atomic E-state index is 11.9. The van der Waals surface area contributed by atoms with E-state index in [0.717, 1.165) is 11.3 Å². The molecule has 3 heterocycles. The highest BCUT2D eigenvalue weighted by molar-refractivity contribution is 7.12. The molecule has 0 atom stereocenters. The van der Waals surface area contributed by atoms with Gasteiger partial charge in [0, 0.05) is 21.5 Å². The predicted molar refractivity (Wildman–Crippen MR) is 81.7 cm³/mol. The second-order valence-corrected chi connectivity index (χ2v) is 6.13. The molecule has 0 bridgehead atoms. The average molecular weight is 301 g/mol. The van der Waals surface area contributed by atoms with Crippen LogP contribution in [0.4, 0.5) is 0 Å². The van der Waals surface area contributed by atoms with Crippen LogP contribution in [0.1, 0.15) is 27.0 Å². The molecule has 0 saturated carbocycles. The normalized spacial score (nSPS) is 11.0. The smallest absolute Gasteiger partial charge is 0.343 e. The van der Waals surface area contributed by atoms with Crippen LogP contribution < -0.4 is 0 Å². The van der Waals surface area contributed by atoms with Gasteiger partial charge in [0.15, 0.2) is 5.65 Å². The molecule has 0 aliphatic rings. The largest absolute Gasteiger partial charge is 0.462 e. The molecule has 0 fully saturated rings. The highest BCUT2D eigenvalue weighted by Crippen LogP contribution is 2.30. The minimum absolute atomic E-state index is 0.332. The van der Waals surface area contributed by atoms with E-state index < -0.39 is 5.97 Å². The third-order valence-corrected chi connectivity index (χ3v) is 4.18. The quantitative estimate of drug-likeness (QED) is 0.697.